The first-order valence-electron chi connectivity index (χ1n) is 7.98. The van der Waals surface area contributed by atoms with E-state index in [0.29, 0.717) is 28.8 Å². The fourth-order valence-electron chi connectivity index (χ4n) is 2.96. The highest BCUT2D eigenvalue weighted by Gasteiger charge is 2.22. The Hall–Kier alpha value is -1.10. The molecule has 1 aromatic rings. The molecule has 0 bridgehead atoms. The molecule has 0 aliphatic carbocycles. The second-order valence-corrected chi connectivity index (χ2v) is 6.54. The molecule has 0 aromatic heterocycles. The molecule has 1 amide bonds. The second-order valence-electron chi connectivity index (χ2n) is 6.13. The highest BCUT2D eigenvalue weighted by Crippen LogP contribution is 2.23. The van der Waals surface area contributed by atoms with Gasteiger partial charge in [-0.05, 0) is 43.8 Å². The number of nitrogens with one attached hydrogen (secondary N) is 2. The van der Waals surface area contributed by atoms with Crippen molar-refractivity contribution in [2.45, 2.75) is 32.3 Å². The van der Waals surface area contributed by atoms with Gasteiger partial charge in [-0.2, -0.15) is 0 Å². The first kappa shape index (κ1) is 17.3. The Balaban J connectivity index is 1.76. The van der Waals surface area contributed by atoms with Gasteiger partial charge in [0.1, 0.15) is 0 Å². The van der Waals surface area contributed by atoms with Gasteiger partial charge in [0.25, 0.3) is 0 Å². The van der Waals surface area contributed by atoms with Crippen LogP contribution in [0.2, 0.25) is 5.02 Å². The van der Waals surface area contributed by atoms with Crippen molar-refractivity contribution in [1.82, 2.24) is 10.6 Å². The zero-order chi connectivity index (χ0) is 15.9. The van der Waals surface area contributed by atoms with E-state index in [2.05, 4.69) is 17.6 Å². The molecule has 1 saturated heterocycles. The summed E-state index contributed by atoms with van der Waals surface area (Å²) in [7, 11) is 0. The molecule has 4 nitrogen and oxygen atoms in total. The van der Waals surface area contributed by atoms with Crippen molar-refractivity contribution < 1.29 is 9.90 Å². The molecule has 122 valence electrons. The molecule has 1 fully saturated rings. The standard InChI is InChI=1S/C17H25ClN2O2/c1-12(13-5-4-8-19-10-13)9-17(22)20-11-16(21)14-6-2-3-7-15(14)18/h2-3,6-7,12-13,16,19,21H,4-5,8-11H2,1H3,(H,20,22). The normalized spacial score (nSPS) is 21.1. The Morgan fingerprint density at radius 1 is 1.50 bits per heavy atom. The smallest absolute Gasteiger partial charge is 0.220 e. The van der Waals surface area contributed by atoms with Crippen molar-refractivity contribution in [2.24, 2.45) is 11.8 Å². The van der Waals surface area contributed by atoms with E-state index in [4.69, 9.17) is 11.6 Å². The minimum atomic E-state index is -0.774. The lowest BCUT2D eigenvalue weighted by Gasteiger charge is -2.28. The van der Waals surface area contributed by atoms with Crippen LogP contribution in [0.3, 0.4) is 0 Å². The Labute approximate surface area is 137 Å². The van der Waals surface area contributed by atoms with Crippen LogP contribution in [0.15, 0.2) is 24.3 Å². The van der Waals surface area contributed by atoms with Gasteiger partial charge in [0.15, 0.2) is 0 Å². The molecule has 0 spiro atoms. The number of hydrogen-bond donors (Lipinski definition) is 3. The average Bonchev–Trinajstić information content (AvgIpc) is 2.54. The van der Waals surface area contributed by atoms with E-state index < -0.39 is 6.10 Å². The first-order chi connectivity index (χ1) is 10.6. The van der Waals surface area contributed by atoms with Crippen LogP contribution < -0.4 is 10.6 Å². The summed E-state index contributed by atoms with van der Waals surface area (Å²) in [5.41, 5.74) is 0.647. The number of carbonyl (C=O) groups excluding carboxylic acids is 1. The molecule has 1 aromatic carbocycles. The molecule has 3 N–H and O–H groups in total. The number of halogens is 1. The highest BCUT2D eigenvalue weighted by atomic mass is 35.5. The van der Waals surface area contributed by atoms with Gasteiger partial charge < -0.3 is 15.7 Å². The number of carbonyl (C=O) groups is 1. The number of rotatable bonds is 6. The van der Waals surface area contributed by atoms with Crippen molar-refractivity contribution in [3.05, 3.63) is 34.9 Å². The Bertz CT molecular complexity index is 489. The molecule has 0 radical (unpaired) electrons. The lowest BCUT2D eigenvalue weighted by atomic mass is 9.85. The number of piperidine rings is 1. The number of aliphatic hydroxyl groups excluding tert-OH is 1. The summed E-state index contributed by atoms with van der Waals surface area (Å²) in [4.78, 5) is 12.0. The van der Waals surface area contributed by atoms with Crippen LogP contribution in [0.5, 0.6) is 0 Å². The van der Waals surface area contributed by atoms with Gasteiger partial charge in [-0.1, -0.05) is 36.7 Å². The van der Waals surface area contributed by atoms with E-state index in [1.54, 1.807) is 12.1 Å². The van der Waals surface area contributed by atoms with E-state index in [9.17, 15) is 9.90 Å². The van der Waals surface area contributed by atoms with E-state index >= 15 is 0 Å². The predicted octanol–water partition coefficient (Wildman–Crippen LogP) is 2.52. The van der Waals surface area contributed by atoms with E-state index in [1.807, 2.05) is 12.1 Å². The van der Waals surface area contributed by atoms with Crippen LogP contribution in [0.4, 0.5) is 0 Å². The zero-order valence-electron chi connectivity index (χ0n) is 13.0. The van der Waals surface area contributed by atoms with Crippen LogP contribution in [0, 0.1) is 11.8 Å². The van der Waals surface area contributed by atoms with Crippen LogP contribution >= 0.6 is 11.6 Å². The Kier molecular flexibility index (Phi) is 6.68. The lowest BCUT2D eigenvalue weighted by molar-refractivity contribution is -0.122. The Morgan fingerprint density at radius 2 is 2.27 bits per heavy atom. The molecule has 22 heavy (non-hydrogen) atoms. The fraction of sp³-hybridized carbons (Fsp3) is 0.588. The molecule has 1 heterocycles. The van der Waals surface area contributed by atoms with Crippen molar-refractivity contribution in [1.29, 1.82) is 0 Å². The van der Waals surface area contributed by atoms with Gasteiger partial charge in [-0.25, -0.2) is 0 Å². The summed E-state index contributed by atoms with van der Waals surface area (Å²) in [5.74, 6) is 0.905. The quantitative estimate of drug-likeness (QED) is 0.753. The van der Waals surface area contributed by atoms with Crippen LogP contribution in [0.1, 0.15) is 37.9 Å². The molecule has 5 heteroatoms. The Morgan fingerprint density at radius 3 is 2.95 bits per heavy atom. The van der Waals surface area contributed by atoms with E-state index in [-0.39, 0.29) is 12.5 Å². The monoisotopic (exact) mass is 324 g/mol. The SMILES string of the molecule is CC(CC(=O)NCC(O)c1ccccc1Cl)C1CCCNC1. The fourth-order valence-corrected chi connectivity index (χ4v) is 3.22. The van der Waals surface area contributed by atoms with Crippen molar-refractivity contribution in [3.8, 4) is 0 Å². The zero-order valence-corrected chi connectivity index (χ0v) is 13.8. The van der Waals surface area contributed by atoms with Gasteiger partial charge in [0.2, 0.25) is 5.91 Å². The summed E-state index contributed by atoms with van der Waals surface area (Å²) >= 11 is 6.04. The van der Waals surface area contributed by atoms with Crippen LogP contribution in [-0.2, 0) is 4.79 Å². The summed E-state index contributed by atoms with van der Waals surface area (Å²) in [6, 6.07) is 7.15. The molecule has 0 saturated carbocycles. The molecule has 3 atom stereocenters. The number of hydrogen-bond acceptors (Lipinski definition) is 3. The molecular formula is C17H25ClN2O2. The second kappa shape index (κ2) is 8.51. The van der Waals surface area contributed by atoms with E-state index in [0.717, 1.165) is 13.1 Å². The average molecular weight is 325 g/mol. The number of aliphatic hydroxyl groups is 1. The molecule has 1 aliphatic heterocycles. The highest BCUT2D eigenvalue weighted by molar-refractivity contribution is 6.31. The lowest BCUT2D eigenvalue weighted by Crippen LogP contribution is -2.36. The predicted molar refractivity (Wildman–Crippen MR) is 88.8 cm³/mol. The third-order valence-electron chi connectivity index (χ3n) is 4.40. The third kappa shape index (κ3) is 4.97. The van der Waals surface area contributed by atoms with Crippen molar-refractivity contribution in [3.63, 3.8) is 0 Å². The van der Waals surface area contributed by atoms with Crippen molar-refractivity contribution in [2.75, 3.05) is 19.6 Å². The van der Waals surface area contributed by atoms with Gasteiger partial charge in [0.05, 0.1) is 6.10 Å². The van der Waals surface area contributed by atoms with Crippen molar-refractivity contribution >= 4 is 17.5 Å². The first-order valence-corrected chi connectivity index (χ1v) is 8.35. The van der Waals surface area contributed by atoms with Gasteiger partial charge in [-0.3, -0.25) is 4.79 Å². The molecule has 3 unspecified atom stereocenters. The molecule has 2 rings (SSSR count). The topological polar surface area (TPSA) is 61.4 Å². The van der Waals surface area contributed by atoms with E-state index in [1.165, 1.54) is 12.8 Å². The van der Waals surface area contributed by atoms with Gasteiger partial charge in [0, 0.05) is 23.6 Å². The summed E-state index contributed by atoms with van der Waals surface area (Å²) in [6.07, 6.45) is 2.09. The summed E-state index contributed by atoms with van der Waals surface area (Å²) in [5, 5.41) is 16.8. The molecular weight excluding hydrogens is 300 g/mol. The summed E-state index contributed by atoms with van der Waals surface area (Å²) in [6.45, 7) is 4.40. The number of benzene rings is 1. The number of amides is 1. The summed E-state index contributed by atoms with van der Waals surface area (Å²) < 4.78 is 0. The molecule has 1 aliphatic rings. The largest absolute Gasteiger partial charge is 0.387 e. The third-order valence-corrected chi connectivity index (χ3v) is 4.75. The minimum absolute atomic E-state index is 0.0100. The maximum absolute atomic E-state index is 12.0. The maximum atomic E-state index is 12.0. The van der Waals surface area contributed by atoms with Crippen LogP contribution in [0.25, 0.3) is 0 Å². The van der Waals surface area contributed by atoms with Gasteiger partial charge >= 0.3 is 0 Å². The minimum Gasteiger partial charge on any atom is -0.387 e. The van der Waals surface area contributed by atoms with Gasteiger partial charge in [-0.15, -0.1) is 0 Å². The van der Waals surface area contributed by atoms with Crippen LogP contribution in [-0.4, -0.2) is 30.6 Å². The maximum Gasteiger partial charge on any atom is 0.220 e.